The zero-order valence-corrected chi connectivity index (χ0v) is 11.9. The first kappa shape index (κ1) is 12.8. The first-order valence-electron chi connectivity index (χ1n) is 6.59. The Bertz CT molecular complexity index is 371. The lowest BCUT2D eigenvalue weighted by Gasteiger charge is -2.23. The van der Waals surface area contributed by atoms with E-state index in [-0.39, 0.29) is 0 Å². The van der Waals surface area contributed by atoms with Crippen LogP contribution in [0.1, 0.15) is 56.0 Å². The molecule has 4 heteroatoms. The van der Waals surface area contributed by atoms with Gasteiger partial charge in [-0.1, -0.05) is 13.3 Å². The quantitative estimate of drug-likeness (QED) is 0.847. The highest BCUT2D eigenvalue weighted by Gasteiger charge is 2.30. The van der Waals surface area contributed by atoms with Gasteiger partial charge in [-0.25, -0.2) is 4.98 Å². The molecule has 0 radical (unpaired) electrons. The van der Waals surface area contributed by atoms with E-state index in [1.54, 1.807) is 11.3 Å². The summed E-state index contributed by atoms with van der Waals surface area (Å²) in [6, 6.07) is 0.559. The van der Waals surface area contributed by atoms with Crippen molar-refractivity contribution in [2.75, 3.05) is 11.9 Å². The summed E-state index contributed by atoms with van der Waals surface area (Å²) in [7, 11) is 2.15. The van der Waals surface area contributed by atoms with Crippen molar-refractivity contribution in [3.05, 3.63) is 10.6 Å². The number of aromatic nitrogens is 1. The Labute approximate surface area is 108 Å². The third-order valence-corrected chi connectivity index (χ3v) is 4.72. The summed E-state index contributed by atoms with van der Waals surface area (Å²) in [5.41, 5.74) is 7.10. The molecule has 17 heavy (non-hydrogen) atoms. The molecule has 0 amide bonds. The molecule has 1 aliphatic rings. The second kappa shape index (κ2) is 5.36. The summed E-state index contributed by atoms with van der Waals surface area (Å²) in [4.78, 5) is 8.41. The highest BCUT2D eigenvalue weighted by atomic mass is 32.1. The van der Waals surface area contributed by atoms with Crippen LogP contribution in [0.2, 0.25) is 0 Å². The summed E-state index contributed by atoms with van der Waals surface area (Å²) >= 11 is 1.78. The van der Waals surface area contributed by atoms with Crippen LogP contribution in [-0.4, -0.2) is 18.1 Å². The van der Waals surface area contributed by atoms with Gasteiger partial charge in [-0.15, -0.1) is 11.3 Å². The summed E-state index contributed by atoms with van der Waals surface area (Å²) in [5.74, 6) is 0.702. The van der Waals surface area contributed by atoms with E-state index in [9.17, 15) is 0 Å². The van der Waals surface area contributed by atoms with E-state index >= 15 is 0 Å². The van der Waals surface area contributed by atoms with Crippen molar-refractivity contribution in [3.8, 4) is 0 Å². The lowest BCUT2D eigenvalue weighted by molar-refractivity contribution is 0.614. The van der Waals surface area contributed by atoms with Crippen LogP contribution in [0.3, 0.4) is 0 Å². The smallest absolute Gasteiger partial charge is 0.185 e. The van der Waals surface area contributed by atoms with Gasteiger partial charge in [0.25, 0.3) is 0 Å². The lowest BCUT2D eigenvalue weighted by Crippen LogP contribution is -2.28. The molecule has 0 bridgehead atoms. The predicted molar refractivity (Wildman–Crippen MR) is 74.8 cm³/mol. The molecule has 1 saturated carbocycles. The molecular formula is C13H23N3S. The second-order valence-electron chi connectivity index (χ2n) is 5.03. The lowest BCUT2D eigenvalue weighted by atomic mass is 10.2. The molecule has 0 aliphatic heterocycles. The molecule has 2 N–H and O–H groups in total. The zero-order valence-electron chi connectivity index (χ0n) is 11.1. The van der Waals surface area contributed by atoms with Crippen molar-refractivity contribution in [1.29, 1.82) is 0 Å². The van der Waals surface area contributed by atoms with Gasteiger partial charge in [0.1, 0.15) is 0 Å². The molecule has 1 unspecified atom stereocenters. The van der Waals surface area contributed by atoms with Gasteiger partial charge < -0.3 is 10.6 Å². The van der Waals surface area contributed by atoms with E-state index in [0.717, 1.165) is 5.13 Å². The Hall–Kier alpha value is -0.610. The number of hydrogen-bond donors (Lipinski definition) is 1. The van der Waals surface area contributed by atoms with Crippen LogP contribution < -0.4 is 10.6 Å². The highest BCUT2D eigenvalue weighted by molar-refractivity contribution is 7.15. The fourth-order valence-corrected chi connectivity index (χ4v) is 3.21. The molecule has 0 aromatic carbocycles. The van der Waals surface area contributed by atoms with Gasteiger partial charge in [-0.2, -0.15) is 0 Å². The van der Waals surface area contributed by atoms with Crippen molar-refractivity contribution < 1.29 is 0 Å². The minimum absolute atomic E-state index is 0.559. The Morgan fingerprint density at radius 2 is 2.24 bits per heavy atom. The summed E-state index contributed by atoms with van der Waals surface area (Å²) < 4.78 is 0. The first-order valence-corrected chi connectivity index (χ1v) is 7.41. The fourth-order valence-electron chi connectivity index (χ4n) is 2.12. The Kier molecular flexibility index (Phi) is 4.05. The third-order valence-electron chi connectivity index (χ3n) is 3.54. The number of rotatable bonds is 6. The first-order chi connectivity index (χ1) is 8.17. The van der Waals surface area contributed by atoms with Gasteiger partial charge in [0.2, 0.25) is 0 Å². The summed E-state index contributed by atoms with van der Waals surface area (Å²) in [6.07, 6.45) is 5.03. The molecule has 3 nitrogen and oxygen atoms in total. The highest BCUT2D eigenvalue weighted by Crippen LogP contribution is 2.44. The molecule has 0 spiro atoms. The number of nitrogens with two attached hydrogens (primary N) is 1. The maximum absolute atomic E-state index is 5.82. The molecule has 1 atom stereocenters. The molecule has 1 fully saturated rings. The van der Waals surface area contributed by atoms with Crippen molar-refractivity contribution in [2.24, 2.45) is 5.73 Å². The summed E-state index contributed by atoms with van der Waals surface area (Å²) in [6.45, 7) is 5.14. The normalized spacial score (nSPS) is 17.2. The third kappa shape index (κ3) is 2.80. The molecule has 1 aliphatic carbocycles. The van der Waals surface area contributed by atoms with E-state index in [2.05, 4.69) is 25.8 Å². The predicted octanol–water partition coefficient (Wildman–Crippen LogP) is 3.10. The zero-order chi connectivity index (χ0) is 12.4. The second-order valence-corrected chi connectivity index (χ2v) is 6.09. The van der Waals surface area contributed by atoms with Crippen LogP contribution in [0.25, 0.3) is 0 Å². The van der Waals surface area contributed by atoms with Crippen LogP contribution in [-0.2, 0) is 6.54 Å². The summed E-state index contributed by atoms with van der Waals surface area (Å²) in [5, 5.41) is 1.15. The average molecular weight is 253 g/mol. The number of thiazole rings is 1. The SMILES string of the molecule is CCCC(C)N(C)c1nc(C2CC2)c(CN)s1. The van der Waals surface area contributed by atoms with E-state index in [0.29, 0.717) is 18.5 Å². The Morgan fingerprint density at radius 3 is 2.76 bits per heavy atom. The van der Waals surface area contributed by atoms with Crippen LogP contribution in [0.15, 0.2) is 0 Å². The minimum atomic E-state index is 0.559. The topological polar surface area (TPSA) is 42.2 Å². The Balaban J connectivity index is 2.14. The monoisotopic (exact) mass is 253 g/mol. The fraction of sp³-hybridized carbons (Fsp3) is 0.769. The van der Waals surface area contributed by atoms with Crippen molar-refractivity contribution in [3.63, 3.8) is 0 Å². The van der Waals surface area contributed by atoms with Gasteiger partial charge in [0.05, 0.1) is 5.69 Å². The van der Waals surface area contributed by atoms with Gasteiger partial charge >= 0.3 is 0 Å². The van der Waals surface area contributed by atoms with Crippen LogP contribution in [0.5, 0.6) is 0 Å². The number of nitrogens with zero attached hydrogens (tertiary/aromatic N) is 2. The van der Waals surface area contributed by atoms with E-state index in [4.69, 9.17) is 10.7 Å². The average Bonchev–Trinajstić information content (AvgIpc) is 3.08. The molecule has 2 rings (SSSR count). The molecular weight excluding hydrogens is 230 g/mol. The van der Waals surface area contributed by atoms with Crippen LogP contribution in [0, 0.1) is 0 Å². The maximum atomic E-state index is 5.82. The van der Waals surface area contributed by atoms with Gasteiger partial charge in [-0.05, 0) is 26.2 Å². The van der Waals surface area contributed by atoms with Crippen molar-refractivity contribution in [1.82, 2.24) is 4.98 Å². The molecule has 1 aromatic heterocycles. The van der Waals surface area contributed by atoms with Crippen LogP contribution >= 0.6 is 11.3 Å². The number of hydrogen-bond acceptors (Lipinski definition) is 4. The van der Waals surface area contributed by atoms with Gasteiger partial charge in [0, 0.05) is 30.4 Å². The van der Waals surface area contributed by atoms with Crippen LogP contribution in [0.4, 0.5) is 5.13 Å². The molecule has 0 saturated heterocycles. The number of anilines is 1. The van der Waals surface area contributed by atoms with Crippen molar-refractivity contribution in [2.45, 2.75) is 58.0 Å². The minimum Gasteiger partial charge on any atom is -0.348 e. The standard InChI is InChI=1S/C13H23N3S/c1-4-5-9(2)16(3)13-15-12(10-6-7-10)11(8-14)17-13/h9-10H,4-8,14H2,1-3H3. The van der Waals surface area contributed by atoms with Gasteiger partial charge in [0.15, 0.2) is 5.13 Å². The van der Waals surface area contributed by atoms with E-state index in [1.165, 1.54) is 36.3 Å². The van der Waals surface area contributed by atoms with Crippen molar-refractivity contribution >= 4 is 16.5 Å². The molecule has 96 valence electrons. The van der Waals surface area contributed by atoms with E-state index in [1.807, 2.05) is 0 Å². The largest absolute Gasteiger partial charge is 0.348 e. The Morgan fingerprint density at radius 1 is 1.53 bits per heavy atom. The molecule has 1 aromatic rings. The maximum Gasteiger partial charge on any atom is 0.185 e. The van der Waals surface area contributed by atoms with E-state index < -0.39 is 0 Å². The molecule has 1 heterocycles. The van der Waals surface area contributed by atoms with Gasteiger partial charge in [-0.3, -0.25) is 0 Å².